The number of amides is 2. The second-order valence-corrected chi connectivity index (χ2v) is 2.22. The summed E-state index contributed by atoms with van der Waals surface area (Å²) in [6, 6.07) is 0. The van der Waals surface area contributed by atoms with Gasteiger partial charge in [0, 0.05) is 6.20 Å². The lowest BCUT2D eigenvalue weighted by Crippen LogP contribution is -2.19. The van der Waals surface area contributed by atoms with Crippen molar-refractivity contribution in [2.75, 3.05) is 5.73 Å². The molecule has 0 atom stereocenters. The standard InChI is InChI=1S/C6H8N4O2/c7-4-3(6(9)12)2(1-10-4)5(8)11/h1,10H,7H2,(H2,8,11)(H2,9,12). The van der Waals surface area contributed by atoms with Gasteiger partial charge in [0.2, 0.25) is 0 Å². The van der Waals surface area contributed by atoms with Gasteiger partial charge in [0.1, 0.15) is 5.82 Å². The van der Waals surface area contributed by atoms with E-state index in [1.54, 1.807) is 0 Å². The Labute approximate surface area is 67.7 Å². The predicted octanol–water partition coefficient (Wildman–Crippen LogP) is -1.21. The molecule has 1 aromatic heterocycles. The van der Waals surface area contributed by atoms with E-state index in [0.29, 0.717) is 0 Å². The first-order valence-corrected chi connectivity index (χ1v) is 3.10. The molecule has 0 aliphatic rings. The number of primary amides is 2. The minimum atomic E-state index is -0.775. The number of hydrogen-bond donors (Lipinski definition) is 4. The zero-order valence-electron chi connectivity index (χ0n) is 6.13. The second kappa shape index (κ2) is 2.57. The molecule has 0 aliphatic heterocycles. The number of carbonyl (C=O) groups excluding carboxylic acids is 2. The average molecular weight is 168 g/mol. The number of rotatable bonds is 2. The molecule has 2 amide bonds. The molecule has 0 aliphatic carbocycles. The minimum absolute atomic E-state index is 0.0139. The van der Waals surface area contributed by atoms with Gasteiger partial charge in [-0.1, -0.05) is 0 Å². The summed E-state index contributed by atoms with van der Waals surface area (Å²) in [5.41, 5.74) is 15.2. The molecular weight excluding hydrogens is 160 g/mol. The lowest BCUT2D eigenvalue weighted by atomic mass is 10.1. The van der Waals surface area contributed by atoms with Crippen LogP contribution in [0.15, 0.2) is 6.20 Å². The molecule has 64 valence electrons. The summed E-state index contributed by atoms with van der Waals surface area (Å²) in [7, 11) is 0. The van der Waals surface area contributed by atoms with Crippen LogP contribution in [0.3, 0.4) is 0 Å². The van der Waals surface area contributed by atoms with Gasteiger partial charge in [-0.15, -0.1) is 0 Å². The number of hydrogen-bond acceptors (Lipinski definition) is 3. The normalized spacial score (nSPS) is 9.67. The third-order valence-electron chi connectivity index (χ3n) is 1.42. The average Bonchev–Trinajstić information content (AvgIpc) is 2.30. The summed E-state index contributed by atoms with van der Waals surface area (Å²) in [6.07, 6.45) is 1.25. The molecular formula is C6H8N4O2. The molecule has 12 heavy (non-hydrogen) atoms. The Morgan fingerprint density at radius 1 is 1.25 bits per heavy atom. The highest BCUT2D eigenvalue weighted by atomic mass is 16.2. The number of carbonyl (C=O) groups is 2. The Bertz CT molecular complexity index is 341. The van der Waals surface area contributed by atoms with E-state index < -0.39 is 11.8 Å². The number of aromatic nitrogens is 1. The van der Waals surface area contributed by atoms with Crippen LogP contribution in [0.25, 0.3) is 0 Å². The van der Waals surface area contributed by atoms with Crippen LogP contribution in [0.5, 0.6) is 0 Å². The lowest BCUT2D eigenvalue weighted by molar-refractivity contribution is 0.0969. The SMILES string of the molecule is NC(=O)c1c[nH]c(N)c1C(N)=O. The van der Waals surface area contributed by atoms with Gasteiger partial charge >= 0.3 is 0 Å². The summed E-state index contributed by atoms with van der Waals surface area (Å²) >= 11 is 0. The van der Waals surface area contributed by atoms with Crippen molar-refractivity contribution >= 4 is 17.6 Å². The van der Waals surface area contributed by atoms with Gasteiger partial charge in [-0.3, -0.25) is 9.59 Å². The molecule has 0 radical (unpaired) electrons. The maximum absolute atomic E-state index is 10.7. The highest BCUT2D eigenvalue weighted by Crippen LogP contribution is 2.14. The fraction of sp³-hybridized carbons (Fsp3) is 0. The van der Waals surface area contributed by atoms with E-state index >= 15 is 0 Å². The van der Waals surface area contributed by atoms with Crippen LogP contribution in [0.4, 0.5) is 5.82 Å². The van der Waals surface area contributed by atoms with E-state index in [2.05, 4.69) is 4.98 Å². The Hall–Kier alpha value is -1.98. The van der Waals surface area contributed by atoms with Crippen LogP contribution in [0.1, 0.15) is 20.7 Å². The smallest absolute Gasteiger partial charge is 0.253 e. The van der Waals surface area contributed by atoms with Crippen LogP contribution in [0.2, 0.25) is 0 Å². The molecule has 0 unspecified atom stereocenters. The zero-order chi connectivity index (χ0) is 9.30. The molecule has 0 fully saturated rings. The molecule has 0 spiro atoms. The summed E-state index contributed by atoms with van der Waals surface area (Å²) in [4.78, 5) is 23.9. The van der Waals surface area contributed by atoms with E-state index in [4.69, 9.17) is 17.2 Å². The highest BCUT2D eigenvalue weighted by molar-refractivity contribution is 6.09. The molecule has 0 saturated heterocycles. The summed E-state index contributed by atoms with van der Waals surface area (Å²) in [5, 5.41) is 0. The molecule has 1 aromatic rings. The highest BCUT2D eigenvalue weighted by Gasteiger charge is 2.17. The van der Waals surface area contributed by atoms with Gasteiger partial charge in [-0.2, -0.15) is 0 Å². The largest absolute Gasteiger partial charge is 0.385 e. The number of H-pyrrole nitrogens is 1. The fourth-order valence-corrected chi connectivity index (χ4v) is 0.899. The second-order valence-electron chi connectivity index (χ2n) is 2.22. The van der Waals surface area contributed by atoms with Crippen molar-refractivity contribution < 1.29 is 9.59 Å². The van der Waals surface area contributed by atoms with Crippen molar-refractivity contribution in [3.8, 4) is 0 Å². The van der Waals surface area contributed by atoms with Gasteiger partial charge < -0.3 is 22.2 Å². The van der Waals surface area contributed by atoms with Crippen LogP contribution in [0, 0.1) is 0 Å². The number of aromatic amines is 1. The quantitative estimate of drug-likeness (QED) is 0.442. The third kappa shape index (κ3) is 1.09. The molecule has 0 aromatic carbocycles. The molecule has 0 bridgehead atoms. The summed E-state index contributed by atoms with van der Waals surface area (Å²) in [6.45, 7) is 0. The van der Waals surface area contributed by atoms with E-state index in [0.717, 1.165) is 0 Å². The van der Waals surface area contributed by atoms with Crippen LogP contribution >= 0.6 is 0 Å². The Morgan fingerprint density at radius 2 is 1.83 bits per heavy atom. The maximum atomic E-state index is 10.7. The van der Waals surface area contributed by atoms with Gasteiger partial charge in [-0.05, 0) is 0 Å². The summed E-state index contributed by atoms with van der Waals surface area (Å²) in [5.74, 6) is -1.46. The number of anilines is 1. The Balaban J connectivity index is 3.31. The molecule has 7 N–H and O–H groups in total. The fourth-order valence-electron chi connectivity index (χ4n) is 0.899. The van der Waals surface area contributed by atoms with Crippen LogP contribution in [-0.2, 0) is 0 Å². The minimum Gasteiger partial charge on any atom is -0.385 e. The van der Waals surface area contributed by atoms with Gasteiger partial charge in [0.15, 0.2) is 0 Å². The van der Waals surface area contributed by atoms with Gasteiger partial charge in [0.25, 0.3) is 11.8 Å². The van der Waals surface area contributed by atoms with E-state index in [-0.39, 0.29) is 16.9 Å². The topological polar surface area (TPSA) is 128 Å². The van der Waals surface area contributed by atoms with Gasteiger partial charge in [0.05, 0.1) is 11.1 Å². The van der Waals surface area contributed by atoms with E-state index in [9.17, 15) is 9.59 Å². The van der Waals surface area contributed by atoms with Crippen molar-refractivity contribution in [3.05, 3.63) is 17.3 Å². The van der Waals surface area contributed by atoms with Crippen molar-refractivity contribution in [2.24, 2.45) is 11.5 Å². The zero-order valence-corrected chi connectivity index (χ0v) is 6.13. The van der Waals surface area contributed by atoms with E-state index in [1.807, 2.05) is 0 Å². The third-order valence-corrected chi connectivity index (χ3v) is 1.42. The Kier molecular flexibility index (Phi) is 1.74. The predicted molar refractivity (Wildman–Crippen MR) is 42.2 cm³/mol. The van der Waals surface area contributed by atoms with Crippen molar-refractivity contribution in [3.63, 3.8) is 0 Å². The van der Waals surface area contributed by atoms with Crippen molar-refractivity contribution in [1.82, 2.24) is 4.98 Å². The number of nitrogen functional groups attached to an aromatic ring is 1. The Morgan fingerprint density at radius 3 is 2.17 bits per heavy atom. The number of nitrogens with one attached hydrogen (secondary N) is 1. The van der Waals surface area contributed by atoms with Crippen molar-refractivity contribution in [1.29, 1.82) is 0 Å². The summed E-state index contributed by atoms with van der Waals surface area (Å²) < 4.78 is 0. The molecule has 6 nitrogen and oxygen atoms in total. The van der Waals surface area contributed by atoms with Gasteiger partial charge in [-0.25, -0.2) is 0 Å². The molecule has 0 saturated carbocycles. The molecule has 6 heteroatoms. The van der Waals surface area contributed by atoms with E-state index in [1.165, 1.54) is 6.20 Å². The molecule has 1 heterocycles. The maximum Gasteiger partial charge on any atom is 0.253 e. The first-order valence-electron chi connectivity index (χ1n) is 3.10. The van der Waals surface area contributed by atoms with Crippen molar-refractivity contribution in [2.45, 2.75) is 0 Å². The molecule has 1 rings (SSSR count). The first kappa shape index (κ1) is 8.12. The van der Waals surface area contributed by atoms with Crippen LogP contribution in [-0.4, -0.2) is 16.8 Å². The number of nitrogens with two attached hydrogens (primary N) is 3. The van der Waals surface area contributed by atoms with Crippen LogP contribution < -0.4 is 17.2 Å². The lowest BCUT2D eigenvalue weighted by Gasteiger charge is -1.95. The first-order chi connectivity index (χ1) is 5.54. The monoisotopic (exact) mass is 168 g/mol.